The zero-order chi connectivity index (χ0) is 16.9. The zero-order valence-electron chi connectivity index (χ0n) is 12.9. The van der Waals surface area contributed by atoms with Gasteiger partial charge in [0.05, 0.1) is 17.7 Å². The molecule has 4 nitrogen and oxygen atoms in total. The Labute approximate surface area is 140 Å². The molecule has 118 valence electrons. The molecule has 0 bridgehead atoms. The highest BCUT2D eigenvalue weighted by Gasteiger charge is 2.13. The third-order valence-electron chi connectivity index (χ3n) is 3.89. The van der Waals surface area contributed by atoms with Gasteiger partial charge in [-0.2, -0.15) is 5.26 Å². The summed E-state index contributed by atoms with van der Waals surface area (Å²) in [5.41, 5.74) is 1.61. The molecule has 0 spiro atoms. The van der Waals surface area contributed by atoms with Gasteiger partial charge in [0.1, 0.15) is 0 Å². The van der Waals surface area contributed by atoms with Crippen LogP contribution in [0, 0.1) is 11.3 Å². The van der Waals surface area contributed by atoms with Gasteiger partial charge >= 0.3 is 0 Å². The Hall–Kier alpha value is -3.16. The van der Waals surface area contributed by atoms with Crippen molar-refractivity contribution in [2.75, 3.05) is 6.54 Å². The summed E-state index contributed by atoms with van der Waals surface area (Å²) in [6, 6.07) is 22.0. The second-order valence-electron chi connectivity index (χ2n) is 5.49. The van der Waals surface area contributed by atoms with Gasteiger partial charge in [-0.1, -0.05) is 48.5 Å². The first-order chi connectivity index (χ1) is 11.7. The molecule has 0 saturated carbocycles. The van der Waals surface area contributed by atoms with Crippen molar-refractivity contribution in [2.45, 2.75) is 6.10 Å². The van der Waals surface area contributed by atoms with Gasteiger partial charge < -0.3 is 10.4 Å². The van der Waals surface area contributed by atoms with E-state index < -0.39 is 6.10 Å². The summed E-state index contributed by atoms with van der Waals surface area (Å²) in [6.45, 7) is 0.101. The average molecular weight is 316 g/mol. The topological polar surface area (TPSA) is 73.1 Å². The van der Waals surface area contributed by atoms with Crippen LogP contribution in [0.25, 0.3) is 10.8 Å². The molecule has 0 aliphatic carbocycles. The predicted octanol–water partition coefficient (Wildman–Crippen LogP) is 3.17. The number of aliphatic hydroxyl groups excluding tert-OH is 1. The minimum atomic E-state index is -0.806. The quantitative estimate of drug-likeness (QED) is 0.776. The summed E-state index contributed by atoms with van der Waals surface area (Å²) >= 11 is 0. The fourth-order valence-electron chi connectivity index (χ4n) is 2.67. The van der Waals surface area contributed by atoms with Crippen molar-refractivity contribution in [2.24, 2.45) is 0 Å². The van der Waals surface area contributed by atoms with Crippen LogP contribution in [0.3, 0.4) is 0 Å². The first kappa shape index (κ1) is 15.7. The molecule has 3 aromatic rings. The number of fused-ring (bicyclic) bond motifs is 1. The van der Waals surface area contributed by atoms with E-state index in [-0.39, 0.29) is 12.5 Å². The van der Waals surface area contributed by atoms with Gasteiger partial charge in [0.25, 0.3) is 5.91 Å². The SMILES string of the molecule is N#Cc1cccc(C(=O)NC[C@H](O)c2cccc3ccccc23)c1. The second kappa shape index (κ2) is 6.95. The van der Waals surface area contributed by atoms with E-state index in [4.69, 9.17) is 5.26 Å². The lowest BCUT2D eigenvalue weighted by atomic mass is 10.0. The Balaban J connectivity index is 1.74. The van der Waals surface area contributed by atoms with Crippen LogP contribution in [-0.2, 0) is 0 Å². The van der Waals surface area contributed by atoms with Crippen LogP contribution in [-0.4, -0.2) is 17.6 Å². The number of nitrogens with one attached hydrogen (secondary N) is 1. The Morgan fingerprint density at radius 2 is 1.83 bits per heavy atom. The maximum Gasteiger partial charge on any atom is 0.251 e. The molecule has 0 aliphatic rings. The van der Waals surface area contributed by atoms with E-state index in [9.17, 15) is 9.90 Å². The Morgan fingerprint density at radius 3 is 2.67 bits per heavy atom. The number of hydrogen-bond acceptors (Lipinski definition) is 3. The fourth-order valence-corrected chi connectivity index (χ4v) is 2.67. The Morgan fingerprint density at radius 1 is 1.08 bits per heavy atom. The molecular formula is C20H16N2O2. The van der Waals surface area contributed by atoms with Gasteiger partial charge in [0, 0.05) is 12.1 Å². The Bertz CT molecular complexity index is 923. The van der Waals surface area contributed by atoms with E-state index >= 15 is 0 Å². The van der Waals surface area contributed by atoms with Gasteiger partial charge in [0.15, 0.2) is 0 Å². The summed E-state index contributed by atoms with van der Waals surface area (Å²) < 4.78 is 0. The minimum Gasteiger partial charge on any atom is -0.387 e. The van der Waals surface area contributed by atoms with Crippen molar-refractivity contribution in [3.8, 4) is 6.07 Å². The molecule has 3 aromatic carbocycles. The zero-order valence-corrected chi connectivity index (χ0v) is 12.9. The third-order valence-corrected chi connectivity index (χ3v) is 3.89. The smallest absolute Gasteiger partial charge is 0.251 e. The molecular weight excluding hydrogens is 300 g/mol. The van der Waals surface area contributed by atoms with E-state index in [0.29, 0.717) is 11.1 Å². The normalized spacial score (nSPS) is 11.7. The standard InChI is InChI=1S/C20H16N2O2/c21-12-14-5-3-8-16(11-14)20(24)22-13-19(23)18-10-4-7-15-6-1-2-9-17(15)18/h1-11,19,23H,13H2,(H,22,24)/t19-/m0/s1. The molecule has 4 heteroatoms. The van der Waals surface area contributed by atoms with Crippen LogP contribution in [0.15, 0.2) is 66.7 Å². The van der Waals surface area contributed by atoms with E-state index in [1.165, 1.54) is 6.07 Å². The highest BCUT2D eigenvalue weighted by Crippen LogP contribution is 2.23. The van der Waals surface area contributed by atoms with Gasteiger partial charge in [0.2, 0.25) is 0 Å². The highest BCUT2D eigenvalue weighted by molar-refractivity contribution is 5.94. The van der Waals surface area contributed by atoms with Crippen molar-refractivity contribution >= 4 is 16.7 Å². The number of carbonyl (C=O) groups excluding carboxylic acids is 1. The van der Waals surface area contributed by atoms with Crippen LogP contribution in [0.1, 0.15) is 27.6 Å². The number of hydrogen-bond donors (Lipinski definition) is 2. The maximum absolute atomic E-state index is 12.2. The van der Waals surface area contributed by atoms with Crippen molar-refractivity contribution in [3.63, 3.8) is 0 Å². The largest absolute Gasteiger partial charge is 0.387 e. The molecule has 0 heterocycles. The average Bonchev–Trinajstić information content (AvgIpc) is 2.65. The first-order valence-electron chi connectivity index (χ1n) is 7.63. The molecule has 0 radical (unpaired) electrons. The number of carbonyl (C=O) groups is 1. The van der Waals surface area contributed by atoms with Crippen molar-refractivity contribution in [3.05, 3.63) is 83.4 Å². The number of benzene rings is 3. The lowest BCUT2D eigenvalue weighted by Crippen LogP contribution is -2.28. The van der Waals surface area contributed by atoms with E-state index in [2.05, 4.69) is 5.32 Å². The third kappa shape index (κ3) is 3.27. The Kier molecular flexibility index (Phi) is 4.55. The van der Waals surface area contributed by atoms with Crippen molar-refractivity contribution in [1.82, 2.24) is 5.32 Å². The molecule has 2 N–H and O–H groups in total. The molecule has 24 heavy (non-hydrogen) atoms. The highest BCUT2D eigenvalue weighted by atomic mass is 16.3. The van der Waals surface area contributed by atoms with E-state index in [1.807, 2.05) is 48.5 Å². The number of nitriles is 1. The summed E-state index contributed by atoms with van der Waals surface area (Å²) in [5, 5.41) is 24.1. The van der Waals surface area contributed by atoms with Crippen LogP contribution >= 0.6 is 0 Å². The molecule has 0 unspecified atom stereocenters. The summed E-state index contributed by atoms with van der Waals surface area (Å²) in [6.07, 6.45) is -0.806. The molecule has 1 atom stereocenters. The summed E-state index contributed by atoms with van der Waals surface area (Å²) in [4.78, 5) is 12.2. The molecule has 0 aromatic heterocycles. The molecule has 1 amide bonds. The fraction of sp³-hybridized carbons (Fsp3) is 0.100. The molecule has 0 fully saturated rings. The lowest BCUT2D eigenvalue weighted by Gasteiger charge is -2.15. The van der Waals surface area contributed by atoms with Crippen molar-refractivity contribution < 1.29 is 9.90 Å². The summed E-state index contributed by atoms with van der Waals surface area (Å²) in [7, 11) is 0. The van der Waals surface area contributed by atoms with Crippen LogP contribution in [0.4, 0.5) is 0 Å². The predicted molar refractivity (Wildman–Crippen MR) is 92.4 cm³/mol. The van der Waals surface area contributed by atoms with E-state index in [0.717, 1.165) is 16.3 Å². The van der Waals surface area contributed by atoms with E-state index in [1.54, 1.807) is 18.2 Å². The van der Waals surface area contributed by atoms with Gasteiger partial charge in [-0.15, -0.1) is 0 Å². The van der Waals surface area contributed by atoms with Crippen molar-refractivity contribution in [1.29, 1.82) is 5.26 Å². The minimum absolute atomic E-state index is 0.101. The van der Waals surface area contributed by atoms with Gasteiger partial charge in [-0.25, -0.2) is 0 Å². The van der Waals surface area contributed by atoms with Gasteiger partial charge in [-0.05, 0) is 34.5 Å². The number of amides is 1. The van der Waals surface area contributed by atoms with Crippen LogP contribution < -0.4 is 5.32 Å². The molecule has 0 saturated heterocycles. The summed E-state index contributed by atoms with van der Waals surface area (Å²) in [5.74, 6) is -0.314. The second-order valence-corrected chi connectivity index (χ2v) is 5.49. The number of rotatable bonds is 4. The molecule has 3 rings (SSSR count). The maximum atomic E-state index is 12.2. The number of aliphatic hydroxyl groups is 1. The molecule has 0 aliphatic heterocycles. The number of nitrogens with zero attached hydrogens (tertiary/aromatic N) is 1. The lowest BCUT2D eigenvalue weighted by molar-refractivity contribution is 0.0917. The first-order valence-corrected chi connectivity index (χ1v) is 7.63. The monoisotopic (exact) mass is 316 g/mol. The van der Waals surface area contributed by atoms with Gasteiger partial charge in [-0.3, -0.25) is 4.79 Å². The van der Waals surface area contributed by atoms with Crippen LogP contribution in [0.2, 0.25) is 0 Å². The van der Waals surface area contributed by atoms with Crippen LogP contribution in [0.5, 0.6) is 0 Å².